The summed E-state index contributed by atoms with van der Waals surface area (Å²) in [5, 5.41) is 10.7. The van der Waals surface area contributed by atoms with Gasteiger partial charge in [0.15, 0.2) is 5.79 Å². The molecule has 2 aliphatic rings. The average Bonchev–Trinajstić information content (AvgIpc) is 3.76. The van der Waals surface area contributed by atoms with Crippen molar-refractivity contribution < 1.29 is 28.6 Å². The van der Waals surface area contributed by atoms with E-state index < -0.39 is 23.6 Å². The molecule has 3 heterocycles. The lowest BCUT2D eigenvalue weighted by Crippen LogP contribution is -2.49. The number of rotatable bonds is 9. The van der Waals surface area contributed by atoms with Crippen molar-refractivity contribution in [2.75, 3.05) is 26.3 Å². The van der Waals surface area contributed by atoms with E-state index in [9.17, 15) is 14.4 Å². The molecule has 2 aromatic carbocycles. The summed E-state index contributed by atoms with van der Waals surface area (Å²) in [5.41, 5.74) is 6.71. The predicted molar refractivity (Wildman–Crippen MR) is 154 cm³/mol. The van der Waals surface area contributed by atoms with Gasteiger partial charge in [-0.05, 0) is 42.5 Å². The summed E-state index contributed by atoms with van der Waals surface area (Å²) in [6.07, 6.45) is 0.168. The number of hydrogen-bond donors (Lipinski definition) is 3. The Morgan fingerprint density at radius 3 is 2.50 bits per heavy atom. The van der Waals surface area contributed by atoms with Gasteiger partial charge in [0.2, 0.25) is 17.6 Å². The van der Waals surface area contributed by atoms with Crippen molar-refractivity contribution in [1.29, 1.82) is 0 Å². The molecule has 2 fully saturated rings. The van der Waals surface area contributed by atoms with Crippen LogP contribution in [0, 0.1) is 6.57 Å². The highest BCUT2D eigenvalue weighted by Gasteiger charge is 2.52. The summed E-state index contributed by atoms with van der Waals surface area (Å²) >= 11 is 1.36. The molecule has 1 aromatic heterocycles. The Morgan fingerprint density at radius 1 is 1.07 bits per heavy atom. The minimum atomic E-state index is -1.06. The molecule has 1 atom stereocenters. The number of carbonyl (C=O) groups is 3. The van der Waals surface area contributed by atoms with Crippen LogP contribution in [-0.2, 0) is 25.6 Å². The molecule has 2 aliphatic heterocycles. The van der Waals surface area contributed by atoms with E-state index in [0.29, 0.717) is 35.8 Å². The van der Waals surface area contributed by atoms with Crippen LogP contribution in [0.25, 0.3) is 4.95 Å². The van der Waals surface area contributed by atoms with E-state index in [1.165, 1.54) is 16.2 Å². The van der Waals surface area contributed by atoms with Gasteiger partial charge < -0.3 is 35.5 Å². The van der Waals surface area contributed by atoms with Crippen LogP contribution in [0.3, 0.4) is 0 Å². The van der Waals surface area contributed by atoms with Gasteiger partial charge in [-0.2, -0.15) is 6.57 Å². The van der Waals surface area contributed by atoms with Crippen molar-refractivity contribution in [2.24, 2.45) is 10.8 Å². The maximum absolute atomic E-state index is 13.3. The number of likely N-dealkylation sites (tertiary alicyclic amines) is 1. The smallest absolute Gasteiger partial charge is 0.251 e. The highest BCUT2D eigenvalue weighted by Crippen LogP contribution is 2.35. The zero-order valence-electron chi connectivity index (χ0n) is 22.4. The molecule has 0 unspecified atom stereocenters. The maximum Gasteiger partial charge on any atom is 0.251 e. The molecular weight excluding hydrogens is 560 g/mol. The number of nitrogens with zero attached hydrogens (tertiary/aromatic N) is 3. The third-order valence-corrected chi connectivity index (χ3v) is 7.70. The Balaban J connectivity index is 1.18. The van der Waals surface area contributed by atoms with E-state index in [4.69, 9.17) is 26.5 Å². The fourth-order valence-corrected chi connectivity index (χ4v) is 5.53. The molecule has 5 rings (SSSR count). The molecule has 0 aliphatic carbocycles. The number of hydrogen-bond acceptors (Lipinski definition) is 8. The molecule has 2 saturated heterocycles. The molecule has 3 aromatic rings. The second kappa shape index (κ2) is 12.8. The first-order valence-electron chi connectivity index (χ1n) is 13.1. The summed E-state index contributed by atoms with van der Waals surface area (Å²) < 4.78 is 17.3. The Morgan fingerprint density at radius 2 is 1.79 bits per heavy atom. The molecule has 42 heavy (non-hydrogen) atoms. The third-order valence-electron chi connectivity index (χ3n) is 6.77. The first kappa shape index (κ1) is 28.7. The Kier molecular flexibility index (Phi) is 8.77. The van der Waals surface area contributed by atoms with Crippen LogP contribution in [-0.4, -0.2) is 66.6 Å². The SMILES string of the molecule is [C-]#[N+]/N=C(\N)c1csc(CNC(=O)[C@@H]2CC3(CN2C(=O)CNC(=O)c2ccc(Oc4ccccc4)cc2)OCCO3)c1. The van der Waals surface area contributed by atoms with Gasteiger partial charge in [0.1, 0.15) is 22.6 Å². The van der Waals surface area contributed by atoms with Gasteiger partial charge in [-0.1, -0.05) is 18.2 Å². The van der Waals surface area contributed by atoms with Gasteiger partial charge in [0, 0.05) is 27.8 Å². The van der Waals surface area contributed by atoms with E-state index in [2.05, 4.69) is 20.7 Å². The Labute approximate surface area is 245 Å². The van der Waals surface area contributed by atoms with Crippen LogP contribution in [0.1, 0.15) is 27.2 Å². The van der Waals surface area contributed by atoms with Crippen molar-refractivity contribution >= 4 is 34.9 Å². The zero-order valence-corrected chi connectivity index (χ0v) is 23.3. The minimum absolute atomic E-state index is 0.0675. The van der Waals surface area contributed by atoms with Gasteiger partial charge in [-0.25, -0.2) is 0 Å². The van der Waals surface area contributed by atoms with E-state index >= 15 is 0 Å². The molecule has 1 spiro atoms. The van der Waals surface area contributed by atoms with Gasteiger partial charge in [-0.3, -0.25) is 14.4 Å². The van der Waals surface area contributed by atoms with Crippen molar-refractivity contribution in [3.05, 3.63) is 93.6 Å². The zero-order chi connectivity index (χ0) is 29.5. The normalized spacial score (nSPS) is 17.5. The van der Waals surface area contributed by atoms with E-state index in [-0.39, 0.29) is 37.8 Å². The maximum atomic E-state index is 13.3. The fraction of sp³-hybridized carbons (Fsp3) is 0.276. The number of ether oxygens (including phenoxy) is 3. The summed E-state index contributed by atoms with van der Waals surface area (Å²) in [6.45, 7) is 7.49. The first-order chi connectivity index (χ1) is 20.4. The summed E-state index contributed by atoms with van der Waals surface area (Å²) in [4.78, 5) is 44.4. The van der Waals surface area contributed by atoms with Crippen molar-refractivity contribution in [3.63, 3.8) is 0 Å². The van der Waals surface area contributed by atoms with Gasteiger partial charge in [-0.15, -0.1) is 16.3 Å². The highest BCUT2D eigenvalue weighted by molar-refractivity contribution is 7.10. The third kappa shape index (κ3) is 6.74. The number of amides is 3. The molecule has 4 N–H and O–H groups in total. The molecule has 216 valence electrons. The largest absolute Gasteiger partial charge is 0.457 e. The first-order valence-corrected chi connectivity index (χ1v) is 14.0. The van der Waals surface area contributed by atoms with Gasteiger partial charge in [0.25, 0.3) is 5.91 Å². The number of carbonyl (C=O) groups excluding carboxylic acids is 3. The van der Waals surface area contributed by atoms with E-state index in [1.54, 1.807) is 35.7 Å². The lowest BCUT2D eigenvalue weighted by atomic mass is 10.1. The molecule has 12 nitrogen and oxygen atoms in total. The topological polar surface area (TPSA) is 149 Å². The van der Waals surface area contributed by atoms with Gasteiger partial charge >= 0.3 is 0 Å². The quantitative estimate of drug-likeness (QED) is 0.151. The standard InChI is InChI=1S/C29H28N6O6S/c1-31-34-26(30)20-13-23(42-17-20)15-32-28(38)24-14-29(39-11-12-40-29)18-35(24)25(36)16-33-27(37)19-7-9-22(10-8-19)41-21-5-3-2-4-6-21/h2-10,13,17,24H,11-12,14-16,18H2,(H2,30,34)(H,32,38)(H,33,37)/t24-/m0/s1. The Hall–Kier alpha value is -4.77. The van der Waals surface area contributed by atoms with Gasteiger partial charge in [0.05, 0.1) is 32.8 Å². The fourth-order valence-electron chi connectivity index (χ4n) is 4.71. The molecular formula is C29H28N6O6S. The van der Waals surface area contributed by atoms with Crippen LogP contribution < -0.4 is 21.1 Å². The molecule has 13 heteroatoms. The second-order valence-electron chi connectivity index (χ2n) is 9.58. The second-order valence-corrected chi connectivity index (χ2v) is 10.6. The number of nitrogens with two attached hydrogens (primary N) is 1. The summed E-state index contributed by atoms with van der Waals surface area (Å²) in [6, 6.07) is 16.7. The van der Waals surface area contributed by atoms with Crippen LogP contribution in [0.5, 0.6) is 11.5 Å². The van der Waals surface area contributed by atoms with Crippen molar-refractivity contribution in [3.8, 4) is 11.5 Å². The highest BCUT2D eigenvalue weighted by atomic mass is 32.1. The lowest BCUT2D eigenvalue weighted by molar-refractivity contribution is -0.152. The van der Waals surface area contributed by atoms with Crippen molar-refractivity contribution in [2.45, 2.75) is 24.8 Å². The number of benzene rings is 2. The number of thiophene rings is 1. The van der Waals surface area contributed by atoms with Crippen LogP contribution in [0.2, 0.25) is 0 Å². The summed E-state index contributed by atoms with van der Waals surface area (Å²) in [5.74, 6) is -0.970. The molecule has 0 saturated carbocycles. The molecule has 0 bridgehead atoms. The monoisotopic (exact) mass is 588 g/mol. The number of nitrogens with one attached hydrogen (secondary N) is 2. The number of para-hydroxylation sites is 1. The molecule has 0 radical (unpaired) electrons. The van der Waals surface area contributed by atoms with Crippen LogP contribution in [0.15, 0.2) is 71.1 Å². The summed E-state index contributed by atoms with van der Waals surface area (Å²) in [7, 11) is 0. The van der Waals surface area contributed by atoms with E-state index in [0.717, 1.165) is 4.88 Å². The van der Waals surface area contributed by atoms with E-state index in [1.807, 2.05) is 30.3 Å². The molecule has 3 amide bonds. The van der Waals surface area contributed by atoms with Crippen molar-refractivity contribution in [1.82, 2.24) is 15.5 Å². The van der Waals surface area contributed by atoms with Crippen LogP contribution >= 0.6 is 11.3 Å². The lowest BCUT2D eigenvalue weighted by Gasteiger charge is -2.24. The van der Waals surface area contributed by atoms with Crippen LogP contribution in [0.4, 0.5) is 0 Å². The average molecular weight is 589 g/mol. The number of amidine groups is 1. The minimum Gasteiger partial charge on any atom is -0.457 e. The predicted octanol–water partition coefficient (Wildman–Crippen LogP) is 2.47. The Bertz CT molecular complexity index is 1510.